The van der Waals surface area contributed by atoms with Crippen LogP contribution < -0.4 is 10.6 Å². The Labute approximate surface area is 131 Å². The molecule has 0 radical (unpaired) electrons. The van der Waals surface area contributed by atoms with Crippen molar-refractivity contribution in [1.82, 2.24) is 9.78 Å². The van der Waals surface area contributed by atoms with Crippen LogP contribution in [0.1, 0.15) is 0 Å². The van der Waals surface area contributed by atoms with Crippen LogP contribution in [0, 0.1) is 0 Å². The molecule has 21 heavy (non-hydrogen) atoms. The molecule has 1 aliphatic heterocycles. The molecule has 1 aromatic carbocycles. The zero-order valence-corrected chi connectivity index (χ0v) is 13.6. The van der Waals surface area contributed by atoms with E-state index in [1.54, 1.807) is 10.7 Å². The second-order valence-electron chi connectivity index (χ2n) is 4.96. The molecule has 0 aliphatic carbocycles. The molecule has 1 fully saturated rings. The van der Waals surface area contributed by atoms with Crippen molar-refractivity contribution in [3.05, 3.63) is 34.9 Å². The molecule has 6 nitrogen and oxygen atoms in total. The quantitative estimate of drug-likeness (QED) is 0.864. The Bertz CT molecular complexity index is 741. The predicted molar refractivity (Wildman–Crippen MR) is 86.5 cm³/mol. The van der Waals surface area contributed by atoms with Gasteiger partial charge in [-0.1, -0.05) is 0 Å². The van der Waals surface area contributed by atoms with E-state index >= 15 is 0 Å². The molecule has 1 aromatic heterocycles. The molecule has 2 N–H and O–H groups in total. The van der Waals surface area contributed by atoms with Crippen LogP contribution in [0.4, 0.5) is 11.5 Å². The van der Waals surface area contributed by atoms with Crippen molar-refractivity contribution in [2.24, 2.45) is 0 Å². The molecule has 2 aromatic rings. The average molecular weight is 371 g/mol. The minimum atomic E-state index is -2.85. The summed E-state index contributed by atoms with van der Waals surface area (Å²) < 4.78 is 25.4. The van der Waals surface area contributed by atoms with Crippen molar-refractivity contribution in [2.75, 3.05) is 35.2 Å². The zero-order chi connectivity index (χ0) is 15.0. The Hall–Kier alpha value is -1.54. The first-order valence-corrected chi connectivity index (χ1v) is 9.13. The first-order valence-electron chi connectivity index (χ1n) is 6.51. The maximum atomic E-state index is 11.5. The van der Waals surface area contributed by atoms with Gasteiger partial charge in [0.1, 0.15) is 10.4 Å². The molecule has 1 aliphatic rings. The summed E-state index contributed by atoms with van der Waals surface area (Å²) in [6.45, 7) is 1.08. The molecule has 8 heteroatoms. The number of sulfone groups is 1. The van der Waals surface area contributed by atoms with Gasteiger partial charge in [-0.05, 0) is 40.2 Å². The second-order valence-corrected chi connectivity index (χ2v) is 8.08. The Kier molecular flexibility index (Phi) is 3.66. The largest absolute Gasteiger partial charge is 0.382 e. The third-order valence-electron chi connectivity index (χ3n) is 3.49. The highest BCUT2D eigenvalue weighted by atomic mass is 79.9. The standard InChI is InChI=1S/C13H15BrN4O2S/c14-12-9-13(15)16-18(12)11-3-1-10(2-4-11)17-5-7-21(19,20)8-6-17/h1-4,9H,5-8H2,(H2,15,16). The summed E-state index contributed by atoms with van der Waals surface area (Å²) in [5.74, 6) is 0.888. The summed E-state index contributed by atoms with van der Waals surface area (Å²) in [5, 5.41) is 4.20. The third-order valence-corrected chi connectivity index (χ3v) is 5.66. The number of hydrogen-bond donors (Lipinski definition) is 1. The highest BCUT2D eigenvalue weighted by Crippen LogP contribution is 2.23. The monoisotopic (exact) mass is 370 g/mol. The van der Waals surface area contributed by atoms with Crippen LogP contribution in [-0.2, 0) is 9.84 Å². The molecule has 0 bridgehead atoms. The molecule has 0 atom stereocenters. The van der Waals surface area contributed by atoms with Crippen molar-refractivity contribution in [2.45, 2.75) is 0 Å². The summed E-state index contributed by atoms with van der Waals surface area (Å²) in [7, 11) is -2.85. The Morgan fingerprint density at radius 1 is 1.10 bits per heavy atom. The van der Waals surface area contributed by atoms with Crippen LogP contribution in [0.25, 0.3) is 5.69 Å². The van der Waals surface area contributed by atoms with Crippen molar-refractivity contribution < 1.29 is 8.42 Å². The summed E-state index contributed by atoms with van der Waals surface area (Å²) in [6, 6.07) is 9.56. The van der Waals surface area contributed by atoms with E-state index in [0.29, 0.717) is 18.9 Å². The van der Waals surface area contributed by atoms with Crippen LogP contribution in [0.15, 0.2) is 34.9 Å². The minimum Gasteiger partial charge on any atom is -0.382 e. The number of nitrogen functional groups attached to an aromatic ring is 1. The van der Waals surface area contributed by atoms with E-state index in [4.69, 9.17) is 5.73 Å². The lowest BCUT2D eigenvalue weighted by molar-refractivity contribution is 0.587. The third kappa shape index (κ3) is 3.06. The van der Waals surface area contributed by atoms with E-state index in [2.05, 4.69) is 25.9 Å². The van der Waals surface area contributed by atoms with Crippen molar-refractivity contribution in [1.29, 1.82) is 0 Å². The number of halogens is 1. The number of nitrogens with two attached hydrogens (primary N) is 1. The highest BCUT2D eigenvalue weighted by molar-refractivity contribution is 9.10. The molecule has 0 saturated carbocycles. The van der Waals surface area contributed by atoms with Gasteiger partial charge in [-0.25, -0.2) is 13.1 Å². The predicted octanol–water partition coefficient (Wildman–Crippen LogP) is 1.45. The number of aromatic nitrogens is 2. The topological polar surface area (TPSA) is 81.2 Å². The first-order chi connectivity index (χ1) is 9.94. The zero-order valence-electron chi connectivity index (χ0n) is 11.2. The molecule has 0 amide bonds. The summed E-state index contributed by atoms with van der Waals surface area (Å²) in [6.07, 6.45) is 0. The molecular formula is C13H15BrN4O2S. The van der Waals surface area contributed by atoms with Gasteiger partial charge < -0.3 is 10.6 Å². The Morgan fingerprint density at radius 2 is 1.67 bits per heavy atom. The van der Waals surface area contributed by atoms with Crippen LogP contribution in [0.3, 0.4) is 0 Å². The van der Waals surface area contributed by atoms with Crippen LogP contribution >= 0.6 is 15.9 Å². The van der Waals surface area contributed by atoms with E-state index in [-0.39, 0.29) is 11.5 Å². The number of hydrogen-bond acceptors (Lipinski definition) is 5. The normalized spacial score (nSPS) is 17.9. The first kappa shape index (κ1) is 14.4. The number of anilines is 2. The van der Waals surface area contributed by atoms with Gasteiger partial charge in [0.15, 0.2) is 9.84 Å². The fourth-order valence-electron chi connectivity index (χ4n) is 2.33. The van der Waals surface area contributed by atoms with E-state index in [1.807, 2.05) is 24.3 Å². The number of benzene rings is 1. The van der Waals surface area contributed by atoms with Crippen LogP contribution in [0.5, 0.6) is 0 Å². The number of rotatable bonds is 2. The Morgan fingerprint density at radius 3 is 2.19 bits per heavy atom. The van der Waals surface area contributed by atoms with Crippen molar-refractivity contribution >= 4 is 37.3 Å². The van der Waals surface area contributed by atoms with Crippen molar-refractivity contribution in [3.63, 3.8) is 0 Å². The summed E-state index contributed by atoms with van der Waals surface area (Å²) in [4.78, 5) is 2.08. The van der Waals surface area contributed by atoms with E-state index in [9.17, 15) is 8.42 Å². The average Bonchev–Trinajstić information content (AvgIpc) is 2.78. The summed E-state index contributed by atoms with van der Waals surface area (Å²) in [5.41, 5.74) is 7.58. The van der Waals surface area contributed by atoms with Gasteiger partial charge in [-0.2, -0.15) is 0 Å². The van der Waals surface area contributed by atoms with Gasteiger partial charge >= 0.3 is 0 Å². The SMILES string of the molecule is Nc1cc(Br)n(-c2ccc(N3CCS(=O)(=O)CC3)cc2)n1. The molecular weight excluding hydrogens is 356 g/mol. The molecule has 0 unspecified atom stereocenters. The highest BCUT2D eigenvalue weighted by Gasteiger charge is 2.21. The fraction of sp³-hybridized carbons (Fsp3) is 0.308. The lowest BCUT2D eigenvalue weighted by atomic mass is 10.2. The second kappa shape index (κ2) is 5.34. The molecule has 1 saturated heterocycles. The molecule has 3 rings (SSSR count). The van der Waals surface area contributed by atoms with E-state index in [1.165, 1.54) is 0 Å². The lowest BCUT2D eigenvalue weighted by Gasteiger charge is -2.28. The van der Waals surface area contributed by atoms with Gasteiger partial charge in [0.2, 0.25) is 0 Å². The molecule has 0 spiro atoms. The maximum absolute atomic E-state index is 11.5. The molecule has 112 valence electrons. The van der Waals surface area contributed by atoms with Crippen molar-refractivity contribution in [3.8, 4) is 5.69 Å². The van der Waals surface area contributed by atoms with Gasteiger partial charge in [0.25, 0.3) is 0 Å². The molecule has 2 heterocycles. The maximum Gasteiger partial charge on any atom is 0.153 e. The van der Waals surface area contributed by atoms with Gasteiger partial charge in [0.05, 0.1) is 17.2 Å². The minimum absolute atomic E-state index is 0.218. The van der Waals surface area contributed by atoms with Gasteiger partial charge in [-0.15, -0.1) is 5.10 Å². The van der Waals surface area contributed by atoms with Crippen LogP contribution in [-0.4, -0.2) is 42.8 Å². The fourth-order valence-corrected chi connectivity index (χ4v) is 4.05. The lowest BCUT2D eigenvalue weighted by Crippen LogP contribution is -2.40. The van der Waals surface area contributed by atoms with Crippen LogP contribution in [0.2, 0.25) is 0 Å². The van der Waals surface area contributed by atoms with Gasteiger partial charge in [-0.3, -0.25) is 0 Å². The summed E-state index contributed by atoms with van der Waals surface area (Å²) >= 11 is 3.40. The van der Waals surface area contributed by atoms with E-state index < -0.39 is 9.84 Å². The Balaban J connectivity index is 1.80. The van der Waals surface area contributed by atoms with E-state index in [0.717, 1.165) is 16.0 Å². The smallest absolute Gasteiger partial charge is 0.153 e. The number of nitrogens with zero attached hydrogens (tertiary/aromatic N) is 3. The van der Waals surface area contributed by atoms with Gasteiger partial charge in [0, 0.05) is 24.8 Å².